The van der Waals surface area contributed by atoms with E-state index < -0.39 is 10.0 Å². The quantitative estimate of drug-likeness (QED) is 0.525. The van der Waals surface area contributed by atoms with Crippen LogP contribution in [0.1, 0.15) is 29.0 Å². The van der Waals surface area contributed by atoms with E-state index in [1.54, 1.807) is 18.2 Å². The molecule has 1 aromatic heterocycles. The maximum atomic E-state index is 13.2. The molecule has 176 valence electrons. The number of aromatic nitrogens is 2. The minimum Gasteiger partial charge on any atom is -0.493 e. The maximum Gasteiger partial charge on any atom is 0.253 e. The SMILES string of the molecule is COc1ccc(S(=O)(=O)N(C)Cc2nc3cc(C(=O)N4CCCC4)ccc3n2C)cc1OC. The summed E-state index contributed by atoms with van der Waals surface area (Å²) in [7, 11) is 2.50. The summed E-state index contributed by atoms with van der Waals surface area (Å²) in [5, 5.41) is 0. The zero-order valence-electron chi connectivity index (χ0n) is 19.2. The highest BCUT2D eigenvalue weighted by atomic mass is 32.2. The van der Waals surface area contributed by atoms with E-state index in [-0.39, 0.29) is 17.3 Å². The summed E-state index contributed by atoms with van der Waals surface area (Å²) in [5.74, 6) is 1.37. The predicted molar refractivity (Wildman–Crippen MR) is 124 cm³/mol. The van der Waals surface area contributed by atoms with Crippen molar-refractivity contribution < 1.29 is 22.7 Å². The Balaban J connectivity index is 1.60. The van der Waals surface area contributed by atoms with Gasteiger partial charge in [0.05, 0.1) is 36.7 Å². The zero-order chi connectivity index (χ0) is 23.8. The maximum absolute atomic E-state index is 13.2. The average molecular weight is 473 g/mol. The first kappa shape index (κ1) is 23.1. The molecule has 2 heterocycles. The first-order chi connectivity index (χ1) is 15.8. The second kappa shape index (κ2) is 9.03. The summed E-state index contributed by atoms with van der Waals surface area (Å²) in [5.41, 5.74) is 2.09. The molecule has 10 heteroatoms. The molecule has 0 aliphatic carbocycles. The summed E-state index contributed by atoms with van der Waals surface area (Å²) in [6.07, 6.45) is 2.06. The van der Waals surface area contributed by atoms with Gasteiger partial charge in [0.25, 0.3) is 5.91 Å². The molecular weight excluding hydrogens is 444 g/mol. The van der Waals surface area contributed by atoms with Gasteiger partial charge in [-0.3, -0.25) is 4.79 Å². The molecule has 4 rings (SSSR count). The topological polar surface area (TPSA) is 94.0 Å². The predicted octanol–water partition coefficient (Wildman–Crippen LogP) is 2.65. The van der Waals surface area contributed by atoms with Crippen molar-refractivity contribution in [3.8, 4) is 11.5 Å². The number of carbonyl (C=O) groups is 1. The van der Waals surface area contributed by atoms with Crippen LogP contribution < -0.4 is 9.47 Å². The summed E-state index contributed by atoms with van der Waals surface area (Å²) in [4.78, 5) is 19.3. The Labute approximate surface area is 193 Å². The highest BCUT2D eigenvalue weighted by molar-refractivity contribution is 7.89. The van der Waals surface area contributed by atoms with Gasteiger partial charge in [0, 0.05) is 38.8 Å². The van der Waals surface area contributed by atoms with Crippen LogP contribution in [-0.4, -0.2) is 67.4 Å². The molecule has 3 aromatic rings. The number of sulfonamides is 1. The molecule has 2 aromatic carbocycles. The van der Waals surface area contributed by atoms with Crippen LogP contribution in [0.25, 0.3) is 11.0 Å². The highest BCUT2D eigenvalue weighted by Gasteiger charge is 2.25. The average Bonchev–Trinajstić information content (AvgIpc) is 3.46. The van der Waals surface area contributed by atoms with E-state index in [0.717, 1.165) is 31.4 Å². The first-order valence-electron chi connectivity index (χ1n) is 10.7. The van der Waals surface area contributed by atoms with E-state index in [1.165, 1.54) is 37.7 Å². The van der Waals surface area contributed by atoms with Gasteiger partial charge in [-0.2, -0.15) is 4.31 Å². The second-order valence-electron chi connectivity index (χ2n) is 8.07. The molecule has 0 spiro atoms. The number of likely N-dealkylation sites (tertiary alicyclic amines) is 1. The summed E-state index contributed by atoms with van der Waals surface area (Å²) in [6, 6.07) is 9.93. The molecular formula is C23H28N4O5S. The fourth-order valence-electron chi connectivity index (χ4n) is 4.07. The largest absolute Gasteiger partial charge is 0.493 e. The monoisotopic (exact) mass is 472 g/mol. The van der Waals surface area contributed by atoms with Gasteiger partial charge in [0.2, 0.25) is 10.0 Å². The smallest absolute Gasteiger partial charge is 0.253 e. The third kappa shape index (κ3) is 4.28. The Morgan fingerprint density at radius 1 is 1.06 bits per heavy atom. The summed E-state index contributed by atoms with van der Waals surface area (Å²) < 4.78 is 39.9. The van der Waals surface area contributed by atoms with Crippen molar-refractivity contribution in [3.05, 3.63) is 47.8 Å². The van der Waals surface area contributed by atoms with Crippen molar-refractivity contribution in [1.29, 1.82) is 0 Å². The molecule has 0 unspecified atom stereocenters. The number of aryl methyl sites for hydroxylation is 1. The van der Waals surface area contributed by atoms with Crippen molar-refractivity contribution in [2.45, 2.75) is 24.3 Å². The van der Waals surface area contributed by atoms with Gasteiger partial charge in [-0.1, -0.05) is 0 Å². The van der Waals surface area contributed by atoms with E-state index >= 15 is 0 Å². The van der Waals surface area contributed by atoms with Gasteiger partial charge in [0.1, 0.15) is 5.82 Å². The van der Waals surface area contributed by atoms with Gasteiger partial charge in [-0.05, 0) is 43.2 Å². The molecule has 9 nitrogen and oxygen atoms in total. The molecule has 1 amide bonds. The molecule has 0 N–H and O–H groups in total. The number of amides is 1. The van der Waals surface area contributed by atoms with Crippen LogP contribution >= 0.6 is 0 Å². The number of rotatable bonds is 7. The Hall–Kier alpha value is -3.11. The number of imidazole rings is 1. The highest BCUT2D eigenvalue weighted by Crippen LogP contribution is 2.31. The minimum atomic E-state index is -3.80. The molecule has 1 fully saturated rings. The number of carbonyl (C=O) groups excluding carboxylic acids is 1. The Kier molecular flexibility index (Phi) is 6.31. The van der Waals surface area contributed by atoms with Crippen LogP contribution in [0.3, 0.4) is 0 Å². The van der Waals surface area contributed by atoms with Crippen molar-refractivity contribution >= 4 is 27.0 Å². The lowest BCUT2D eigenvalue weighted by molar-refractivity contribution is 0.0793. The Morgan fingerprint density at radius 3 is 2.42 bits per heavy atom. The van der Waals surface area contributed by atoms with E-state index in [1.807, 2.05) is 22.6 Å². The molecule has 1 aliphatic heterocycles. The lowest BCUT2D eigenvalue weighted by Gasteiger charge is -2.18. The molecule has 0 bridgehead atoms. The Bertz CT molecular complexity index is 1300. The van der Waals surface area contributed by atoms with Crippen molar-refractivity contribution in [3.63, 3.8) is 0 Å². The lowest BCUT2D eigenvalue weighted by Crippen LogP contribution is -2.27. The lowest BCUT2D eigenvalue weighted by atomic mass is 10.2. The normalized spacial score (nSPS) is 14.3. The number of hydrogen-bond donors (Lipinski definition) is 0. The van der Waals surface area contributed by atoms with Crippen molar-refractivity contribution in [2.75, 3.05) is 34.4 Å². The van der Waals surface area contributed by atoms with Crippen molar-refractivity contribution in [2.24, 2.45) is 7.05 Å². The van der Waals surface area contributed by atoms with Crippen LogP contribution in [0.5, 0.6) is 11.5 Å². The van der Waals surface area contributed by atoms with Gasteiger partial charge < -0.3 is 18.9 Å². The second-order valence-corrected chi connectivity index (χ2v) is 10.1. The van der Waals surface area contributed by atoms with E-state index in [4.69, 9.17) is 9.47 Å². The number of fused-ring (bicyclic) bond motifs is 1. The Morgan fingerprint density at radius 2 is 1.76 bits per heavy atom. The van der Waals surface area contributed by atoms with Crippen LogP contribution in [-0.2, 0) is 23.6 Å². The fraction of sp³-hybridized carbons (Fsp3) is 0.391. The summed E-state index contributed by atoms with van der Waals surface area (Å²) >= 11 is 0. The minimum absolute atomic E-state index is 0.00903. The number of benzene rings is 2. The standard InChI is InChI=1S/C23H28N4O5S/c1-25(33(29,30)17-8-10-20(31-3)21(14-17)32-4)15-22-24-18-13-16(7-9-19(18)26(22)2)23(28)27-11-5-6-12-27/h7-10,13-14H,5-6,11-12,15H2,1-4H3. The van der Waals surface area contributed by atoms with Gasteiger partial charge in [-0.15, -0.1) is 0 Å². The summed E-state index contributed by atoms with van der Waals surface area (Å²) in [6.45, 7) is 1.63. The molecule has 33 heavy (non-hydrogen) atoms. The molecule has 0 atom stereocenters. The number of ether oxygens (including phenoxy) is 2. The van der Waals surface area contributed by atoms with Crippen LogP contribution in [0, 0.1) is 0 Å². The van der Waals surface area contributed by atoms with Crippen LogP contribution in [0.15, 0.2) is 41.3 Å². The van der Waals surface area contributed by atoms with E-state index in [9.17, 15) is 13.2 Å². The molecule has 1 aliphatic rings. The van der Waals surface area contributed by atoms with Crippen LogP contribution in [0.2, 0.25) is 0 Å². The molecule has 0 radical (unpaired) electrons. The first-order valence-corrected chi connectivity index (χ1v) is 12.1. The number of methoxy groups -OCH3 is 2. The molecule has 1 saturated heterocycles. The van der Waals surface area contributed by atoms with Gasteiger partial charge in [-0.25, -0.2) is 13.4 Å². The van der Waals surface area contributed by atoms with Crippen LogP contribution in [0.4, 0.5) is 0 Å². The van der Waals surface area contributed by atoms with Gasteiger partial charge in [0.15, 0.2) is 11.5 Å². The number of hydrogen-bond acceptors (Lipinski definition) is 6. The molecule has 0 saturated carbocycles. The number of nitrogens with zero attached hydrogens (tertiary/aromatic N) is 4. The van der Waals surface area contributed by atoms with E-state index in [0.29, 0.717) is 28.4 Å². The van der Waals surface area contributed by atoms with Gasteiger partial charge >= 0.3 is 0 Å². The third-order valence-corrected chi connectivity index (χ3v) is 7.84. The van der Waals surface area contributed by atoms with E-state index in [2.05, 4.69) is 4.98 Å². The zero-order valence-corrected chi connectivity index (χ0v) is 20.1. The third-order valence-electron chi connectivity index (χ3n) is 6.04. The van der Waals surface area contributed by atoms with Crippen molar-refractivity contribution in [1.82, 2.24) is 18.8 Å². The fourth-order valence-corrected chi connectivity index (χ4v) is 5.21.